The van der Waals surface area contributed by atoms with Crippen LogP contribution in [0.3, 0.4) is 0 Å². The second kappa shape index (κ2) is 8.56. The van der Waals surface area contributed by atoms with Crippen molar-refractivity contribution >= 4 is 16.8 Å². The number of halogens is 2. The number of rotatable bonds is 8. The van der Waals surface area contributed by atoms with Gasteiger partial charge in [0.2, 0.25) is 0 Å². The number of primary amides is 1. The van der Waals surface area contributed by atoms with E-state index in [0.29, 0.717) is 25.3 Å². The highest BCUT2D eigenvalue weighted by molar-refractivity contribution is 5.92. The summed E-state index contributed by atoms with van der Waals surface area (Å²) in [4.78, 5) is 22.5. The van der Waals surface area contributed by atoms with E-state index in [4.69, 9.17) is 5.73 Å². The Balaban J connectivity index is 1.47. The number of H-pyrrole nitrogens is 1. The first kappa shape index (κ1) is 22.1. The lowest BCUT2D eigenvalue weighted by atomic mass is 9.86. The van der Waals surface area contributed by atoms with Gasteiger partial charge in [0.05, 0.1) is 12.2 Å². The number of nitrogens with zero attached hydrogens (tertiary/aromatic N) is 3. The zero-order chi connectivity index (χ0) is 23.2. The predicted molar refractivity (Wildman–Crippen MR) is 123 cm³/mol. The Morgan fingerprint density at radius 2 is 2.09 bits per heavy atom. The molecule has 3 heterocycles. The molecule has 8 heteroatoms. The number of imidazole rings is 1. The van der Waals surface area contributed by atoms with Gasteiger partial charge in [-0.25, -0.2) is 13.8 Å². The zero-order valence-electron chi connectivity index (χ0n) is 19.0. The number of nitrogens with one attached hydrogen (secondary N) is 1. The van der Waals surface area contributed by atoms with Crippen LogP contribution in [0.15, 0.2) is 30.5 Å². The second-order valence-electron chi connectivity index (χ2n) is 9.57. The Hall–Kier alpha value is -2.74. The number of alkyl halides is 2. The smallest absolute Gasteiger partial charge is 0.269 e. The van der Waals surface area contributed by atoms with Crippen LogP contribution < -0.4 is 5.73 Å². The summed E-state index contributed by atoms with van der Waals surface area (Å²) in [6.07, 6.45) is 5.68. The lowest BCUT2D eigenvalue weighted by Gasteiger charge is -2.44. The largest absolute Gasteiger partial charge is 0.364 e. The zero-order valence-corrected chi connectivity index (χ0v) is 19.0. The van der Waals surface area contributed by atoms with Gasteiger partial charge in [0.1, 0.15) is 11.5 Å². The van der Waals surface area contributed by atoms with Gasteiger partial charge in [-0.1, -0.05) is 38.0 Å². The van der Waals surface area contributed by atoms with E-state index in [1.807, 2.05) is 12.1 Å². The summed E-state index contributed by atoms with van der Waals surface area (Å²) in [5, 5.41) is 1.19. The van der Waals surface area contributed by atoms with Crippen molar-refractivity contribution in [2.45, 2.75) is 76.4 Å². The van der Waals surface area contributed by atoms with Gasteiger partial charge in [-0.2, -0.15) is 0 Å². The molecular formula is C25H31F2N5O. The molecule has 1 aliphatic carbocycles. The number of carbonyl (C=O) groups is 1. The molecule has 6 nitrogen and oxygen atoms in total. The summed E-state index contributed by atoms with van der Waals surface area (Å²) in [6.45, 7) is 3.97. The average Bonchev–Trinajstić information content (AvgIpc) is 3.36. The molecule has 1 atom stereocenters. The summed E-state index contributed by atoms with van der Waals surface area (Å²) in [5.74, 6) is -2.20. The number of hydrogen-bond acceptors (Lipinski definition) is 3. The van der Waals surface area contributed by atoms with Crippen LogP contribution in [0.4, 0.5) is 8.78 Å². The predicted octanol–water partition coefficient (Wildman–Crippen LogP) is 4.59. The van der Waals surface area contributed by atoms with Crippen LogP contribution >= 0.6 is 0 Å². The maximum Gasteiger partial charge on any atom is 0.269 e. The highest BCUT2D eigenvalue weighted by Gasteiger charge is 2.48. The van der Waals surface area contributed by atoms with E-state index in [9.17, 15) is 13.6 Å². The highest BCUT2D eigenvalue weighted by atomic mass is 19.3. The number of fused-ring (bicyclic) bond motifs is 2. The fourth-order valence-electron chi connectivity index (χ4n) is 5.52. The molecule has 3 aromatic rings. The highest BCUT2D eigenvalue weighted by Crippen LogP contribution is 2.42. The number of benzene rings is 1. The summed E-state index contributed by atoms with van der Waals surface area (Å²) in [6, 6.07) is 8.11. The topological polar surface area (TPSA) is 79.9 Å². The van der Waals surface area contributed by atoms with Gasteiger partial charge >= 0.3 is 0 Å². The normalized spacial score (nSPS) is 19.4. The van der Waals surface area contributed by atoms with E-state index in [2.05, 4.69) is 44.7 Å². The maximum absolute atomic E-state index is 13.4. The van der Waals surface area contributed by atoms with Crippen molar-refractivity contribution < 1.29 is 13.6 Å². The van der Waals surface area contributed by atoms with E-state index < -0.39 is 11.8 Å². The number of aromatic nitrogens is 3. The van der Waals surface area contributed by atoms with Gasteiger partial charge in [0, 0.05) is 55.0 Å². The molecule has 2 aromatic heterocycles. The molecular weight excluding hydrogens is 424 g/mol. The molecule has 5 rings (SSSR count). The maximum atomic E-state index is 13.4. The number of carbonyl (C=O) groups excluding carboxylic acids is 1. The van der Waals surface area contributed by atoms with Crippen LogP contribution in [0.2, 0.25) is 0 Å². The number of nitrogens with two attached hydrogens (primary N) is 1. The Labute approximate surface area is 192 Å². The third-order valence-corrected chi connectivity index (χ3v) is 7.29. The number of hydrogen-bond donors (Lipinski definition) is 2. The van der Waals surface area contributed by atoms with Crippen LogP contribution in [0.1, 0.15) is 72.5 Å². The van der Waals surface area contributed by atoms with E-state index in [1.165, 1.54) is 10.9 Å². The standard InChI is InChI=1S/C25H31F2N5O/c1-2-3-6-16(11-17-14-29-20-8-5-4-7-19(17)20)23-22(24(28)33)30-21-15-31(9-10-32(21)23)18-12-25(26,27)13-18/h4-5,7-8,14,16,18,29H,2-3,6,9-13,15H2,1H3,(H2,28,33). The Morgan fingerprint density at radius 3 is 2.82 bits per heavy atom. The minimum atomic E-state index is -2.55. The van der Waals surface area contributed by atoms with E-state index in [-0.39, 0.29) is 24.8 Å². The molecule has 2 aliphatic rings. The first-order valence-electron chi connectivity index (χ1n) is 11.9. The lowest BCUT2D eigenvalue weighted by molar-refractivity contribution is -0.128. The lowest BCUT2D eigenvalue weighted by Crippen LogP contribution is -2.52. The molecule has 1 unspecified atom stereocenters. The number of aromatic amines is 1. The van der Waals surface area contributed by atoms with Gasteiger partial charge in [-0.05, 0) is 24.5 Å². The average molecular weight is 456 g/mol. The van der Waals surface area contributed by atoms with Crippen molar-refractivity contribution in [1.82, 2.24) is 19.4 Å². The number of amides is 1. The van der Waals surface area contributed by atoms with Crippen LogP contribution in [0, 0.1) is 0 Å². The number of para-hydroxylation sites is 1. The van der Waals surface area contributed by atoms with E-state index in [0.717, 1.165) is 42.7 Å². The summed E-state index contributed by atoms with van der Waals surface area (Å²) >= 11 is 0. The summed E-state index contributed by atoms with van der Waals surface area (Å²) in [5.41, 5.74) is 9.35. The molecule has 33 heavy (non-hydrogen) atoms. The molecule has 0 saturated heterocycles. The van der Waals surface area contributed by atoms with Crippen molar-refractivity contribution in [3.63, 3.8) is 0 Å². The molecule has 3 N–H and O–H groups in total. The van der Waals surface area contributed by atoms with Crippen molar-refractivity contribution in [2.24, 2.45) is 5.73 Å². The molecule has 1 aromatic carbocycles. The minimum Gasteiger partial charge on any atom is -0.364 e. The van der Waals surface area contributed by atoms with Crippen LogP contribution in [0.25, 0.3) is 10.9 Å². The molecule has 1 saturated carbocycles. The Bertz CT molecular complexity index is 1160. The van der Waals surface area contributed by atoms with Gasteiger partial charge in [0.15, 0.2) is 0 Å². The molecule has 1 aliphatic heterocycles. The first-order valence-corrected chi connectivity index (χ1v) is 11.9. The minimum absolute atomic E-state index is 0.0943. The molecule has 0 spiro atoms. The Kier molecular flexibility index (Phi) is 5.72. The van der Waals surface area contributed by atoms with Crippen molar-refractivity contribution in [2.75, 3.05) is 6.54 Å². The van der Waals surface area contributed by atoms with Crippen molar-refractivity contribution in [3.8, 4) is 0 Å². The molecule has 0 bridgehead atoms. The van der Waals surface area contributed by atoms with Crippen molar-refractivity contribution in [3.05, 3.63) is 53.2 Å². The monoisotopic (exact) mass is 455 g/mol. The van der Waals surface area contributed by atoms with Gasteiger partial charge in [0.25, 0.3) is 11.8 Å². The fourth-order valence-corrected chi connectivity index (χ4v) is 5.52. The molecule has 1 amide bonds. The van der Waals surface area contributed by atoms with Crippen LogP contribution in [0.5, 0.6) is 0 Å². The van der Waals surface area contributed by atoms with Gasteiger partial charge in [-0.15, -0.1) is 0 Å². The fraction of sp³-hybridized carbons (Fsp3) is 0.520. The second-order valence-corrected chi connectivity index (χ2v) is 9.57. The van der Waals surface area contributed by atoms with Crippen molar-refractivity contribution in [1.29, 1.82) is 0 Å². The summed E-state index contributed by atoms with van der Waals surface area (Å²) in [7, 11) is 0. The first-order chi connectivity index (χ1) is 15.9. The van der Waals surface area contributed by atoms with E-state index >= 15 is 0 Å². The van der Waals surface area contributed by atoms with Crippen LogP contribution in [-0.2, 0) is 19.5 Å². The summed E-state index contributed by atoms with van der Waals surface area (Å²) < 4.78 is 29.0. The van der Waals surface area contributed by atoms with E-state index in [1.54, 1.807) is 0 Å². The quantitative estimate of drug-likeness (QED) is 0.521. The van der Waals surface area contributed by atoms with Crippen LogP contribution in [-0.4, -0.2) is 43.9 Å². The Morgan fingerprint density at radius 1 is 1.30 bits per heavy atom. The molecule has 1 fully saturated rings. The SMILES string of the molecule is CCCCC(Cc1c[nH]c2ccccc12)c1c(C(N)=O)nc2n1CCN(C1CC(F)(F)C1)C2. The molecule has 176 valence electrons. The third kappa shape index (κ3) is 4.16. The van der Waals surface area contributed by atoms with Gasteiger partial charge < -0.3 is 15.3 Å². The third-order valence-electron chi connectivity index (χ3n) is 7.29. The molecule has 0 radical (unpaired) electrons. The van der Waals surface area contributed by atoms with Gasteiger partial charge in [-0.3, -0.25) is 9.69 Å². The number of unbranched alkanes of at least 4 members (excludes halogenated alkanes) is 1.